The highest BCUT2D eigenvalue weighted by atomic mass is 16.1. The first-order valence-electron chi connectivity index (χ1n) is 6.75. The van der Waals surface area contributed by atoms with Crippen molar-refractivity contribution in [3.63, 3.8) is 0 Å². The average molecular weight is 224 g/mol. The molecule has 2 aliphatic carbocycles. The van der Waals surface area contributed by atoms with Gasteiger partial charge in [-0.15, -0.1) is 0 Å². The van der Waals surface area contributed by atoms with E-state index >= 15 is 0 Å². The largest absolute Gasteiger partial charge is 0.358 e. The van der Waals surface area contributed by atoms with Gasteiger partial charge < -0.3 is 10.6 Å². The van der Waals surface area contributed by atoms with Gasteiger partial charge in [-0.2, -0.15) is 0 Å². The Bertz CT molecular complexity index is 232. The first-order valence-corrected chi connectivity index (χ1v) is 6.75. The standard InChI is InChI=1S/C13H24N2O/c1-14-12(16)9-15-13(11-7-8-11)10-5-3-2-4-6-10/h10-11,13,15H,2-9H2,1H3,(H,14,16). The molecule has 0 aromatic rings. The Balaban J connectivity index is 1.81. The van der Waals surface area contributed by atoms with Crippen LogP contribution in [-0.2, 0) is 4.79 Å². The van der Waals surface area contributed by atoms with Crippen molar-refractivity contribution >= 4 is 5.91 Å². The molecule has 0 aromatic heterocycles. The highest BCUT2D eigenvalue weighted by Gasteiger charge is 2.36. The summed E-state index contributed by atoms with van der Waals surface area (Å²) in [5.74, 6) is 1.79. The van der Waals surface area contributed by atoms with Gasteiger partial charge in [0, 0.05) is 13.1 Å². The van der Waals surface area contributed by atoms with Crippen LogP contribution in [0.4, 0.5) is 0 Å². The van der Waals surface area contributed by atoms with E-state index in [1.54, 1.807) is 7.05 Å². The Labute approximate surface area is 98.4 Å². The lowest BCUT2D eigenvalue weighted by Crippen LogP contribution is -2.43. The molecule has 0 heterocycles. The minimum Gasteiger partial charge on any atom is -0.358 e. The zero-order chi connectivity index (χ0) is 11.4. The monoisotopic (exact) mass is 224 g/mol. The van der Waals surface area contributed by atoms with E-state index in [0.717, 1.165) is 11.8 Å². The van der Waals surface area contributed by atoms with Crippen LogP contribution in [-0.4, -0.2) is 25.5 Å². The molecule has 3 heteroatoms. The van der Waals surface area contributed by atoms with E-state index < -0.39 is 0 Å². The van der Waals surface area contributed by atoms with Crippen LogP contribution in [0.5, 0.6) is 0 Å². The van der Waals surface area contributed by atoms with Crippen LogP contribution in [0.2, 0.25) is 0 Å². The Morgan fingerprint density at radius 1 is 1.12 bits per heavy atom. The number of hydrogen-bond acceptors (Lipinski definition) is 2. The van der Waals surface area contributed by atoms with Crippen molar-refractivity contribution in [3.8, 4) is 0 Å². The molecule has 2 N–H and O–H groups in total. The van der Waals surface area contributed by atoms with E-state index in [9.17, 15) is 4.79 Å². The molecule has 3 nitrogen and oxygen atoms in total. The molecule has 1 unspecified atom stereocenters. The third-order valence-corrected chi connectivity index (χ3v) is 4.06. The van der Waals surface area contributed by atoms with Gasteiger partial charge in [-0.05, 0) is 37.5 Å². The van der Waals surface area contributed by atoms with Gasteiger partial charge >= 0.3 is 0 Å². The minimum absolute atomic E-state index is 0.112. The van der Waals surface area contributed by atoms with Gasteiger partial charge in [0.25, 0.3) is 0 Å². The number of carbonyl (C=O) groups excluding carboxylic acids is 1. The lowest BCUT2D eigenvalue weighted by atomic mass is 9.82. The molecule has 1 atom stereocenters. The Morgan fingerprint density at radius 3 is 2.31 bits per heavy atom. The van der Waals surface area contributed by atoms with Gasteiger partial charge in [-0.1, -0.05) is 19.3 Å². The fourth-order valence-corrected chi connectivity index (χ4v) is 2.97. The van der Waals surface area contributed by atoms with Crippen molar-refractivity contribution in [3.05, 3.63) is 0 Å². The second-order valence-corrected chi connectivity index (χ2v) is 5.32. The highest BCUT2D eigenvalue weighted by Crippen LogP contribution is 2.40. The third kappa shape index (κ3) is 3.21. The van der Waals surface area contributed by atoms with Gasteiger partial charge in [0.2, 0.25) is 5.91 Å². The molecule has 1 amide bonds. The first kappa shape index (κ1) is 11.9. The SMILES string of the molecule is CNC(=O)CNC(C1CCCCC1)C1CC1. The summed E-state index contributed by atoms with van der Waals surface area (Å²) in [4.78, 5) is 11.3. The van der Waals surface area contributed by atoms with Crippen LogP contribution < -0.4 is 10.6 Å². The van der Waals surface area contributed by atoms with E-state index in [1.807, 2.05) is 0 Å². The zero-order valence-electron chi connectivity index (χ0n) is 10.3. The molecular formula is C13H24N2O. The van der Waals surface area contributed by atoms with Crippen LogP contribution in [0, 0.1) is 11.8 Å². The zero-order valence-corrected chi connectivity index (χ0v) is 10.3. The smallest absolute Gasteiger partial charge is 0.233 e. The fourth-order valence-electron chi connectivity index (χ4n) is 2.97. The number of nitrogens with one attached hydrogen (secondary N) is 2. The quantitative estimate of drug-likeness (QED) is 0.746. The molecule has 0 bridgehead atoms. The summed E-state index contributed by atoms with van der Waals surface area (Å²) in [5.41, 5.74) is 0. The third-order valence-electron chi connectivity index (χ3n) is 4.06. The van der Waals surface area contributed by atoms with Crippen molar-refractivity contribution in [1.29, 1.82) is 0 Å². The second kappa shape index (κ2) is 5.67. The average Bonchev–Trinajstić information content (AvgIpc) is 3.15. The maximum Gasteiger partial charge on any atom is 0.233 e. The molecule has 2 fully saturated rings. The van der Waals surface area contributed by atoms with E-state index in [2.05, 4.69) is 10.6 Å². The number of amides is 1. The maximum atomic E-state index is 11.3. The maximum absolute atomic E-state index is 11.3. The van der Waals surface area contributed by atoms with Gasteiger partial charge in [0.1, 0.15) is 0 Å². The Kier molecular flexibility index (Phi) is 4.22. The molecule has 0 aliphatic heterocycles. The highest BCUT2D eigenvalue weighted by molar-refractivity contribution is 5.77. The topological polar surface area (TPSA) is 41.1 Å². The van der Waals surface area contributed by atoms with Crippen molar-refractivity contribution < 1.29 is 4.79 Å². The van der Waals surface area contributed by atoms with Crippen LogP contribution in [0.3, 0.4) is 0 Å². The van der Waals surface area contributed by atoms with Gasteiger partial charge in [-0.25, -0.2) is 0 Å². The molecular weight excluding hydrogens is 200 g/mol. The lowest BCUT2D eigenvalue weighted by molar-refractivity contribution is -0.120. The van der Waals surface area contributed by atoms with E-state index in [1.165, 1.54) is 44.9 Å². The van der Waals surface area contributed by atoms with E-state index in [4.69, 9.17) is 0 Å². The fraction of sp³-hybridized carbons (Fsp3) is 0.923. The number of rotatable bonds is 5. The molecule has 0 spiro atoms. The van der Waals surface area contributed by atoms with Crippen LogP contribution in [0.15, 0.2) is 0 Å². The summed E-state index contributed by atoms with van der Waals surface area (Å²) in [6.07, 6.45) is 9.63. The Morgan fingerprint density at radius 2 is 1.75 bits per heavy atom. The summed E-state index contributed by atoms with van der Waals surface area (Å²) in [6.45, 7) is 0.494. The second-order valence-electron chi connectivity index (χ2n) is 5.32. The number of carbonyl (C=O) groups is 1. The molecule has 2 aliphatic rings. The predicted molar refractivity (Wildman–Crippen MR) is 65.2 cm³/mol. The molecule has 0 radical (unpaired) electrons. The number of hydrogen-bond donors (Lipinski definition) is 2. The summed E-state index contributed by atoms with van der Waals surface area (Å²) in [6, 6.07) is 0.609. The lowest BCUT2D eigenvalue weighted by Gasteiger charge is -2.31. The van der Waals surface area contributed by atoms with Crippen LogP contribution >= 0.6 is 0 Å². The summed E-state index contributed by atoms with van der Waals surface area (Å²) in [7, 11) is 1.71. The van der Waals surface area contributed by atoms with Crippen molar-refractivity contribution in [2.45, 2.75) is 51.0 Å². The van der Waals surface area contributed by atoms with Crippen molar-refractivity contribution in [2.24, 2.45) is 11.8 Å². The molecule has 0 saturated heterocycles. The summed E-state index contributed by atoms with van der Waals surface area (Å²) in [5, 5.41) is 6.17. The molecule has 16 heavy (non-hydrogen) atoms. The van der Waals surface area contributed by atoms with Gasteiger partial charge in [0.15, 0.2) is 0 Å². The summed E-state index contributed by atoms with van der Waals surface area (Å²) >= 11 is 0. The van der Waals surface area contributed by atoms with Crippen molar-refractivity contribution in [2.75, 3.05) is 13.6 Å². The molecule has 0 aromatic carbocycles. The Hall–Kier alpha value is -0.570. The number of likely N-dealkylation sites (N-methyl/N-ethyl adjacent to an activating group) is 1. The minimum atomic E-state index is 0.112. The normalized spacial score (nSPS) is 24.1. The van der Waals surface area contributed by atoms with Gasteiger partial charge in [-0.3, -0.25) is 4.79 Å². The van der Waals surface area contributed by atoms with E-state index in [0.29, 0.717) is 12.6 Å². The van der Waals surface area contributed by atoms with Crippen molar-refractivity contribution in [1.82, 2.24) is 10.6 Å². The summed E-state index contributed by atoms with van der Waals surface area (Å²) < 4.78 is 0. The predicted octanol–water partition coefficient (Wildman–Crippen LogP) is 1.68. The molecule has 92 valence electrons. The van der Waals surface area contributed by atoms with Crippen LogP contribution in [0.1, 0.15) is 44.9 Å². The van der Waals surface area contributed by atoms with Crippen LogP contribution in [0.25, 0.3) is 0 Å². The first-order chi connectivity index (χ1) is 7.81. The molecule has 2 rings (SSSR count). The molecule has 2 saturated carbocycles. The van der Waals surface area contributed by atoms with E-state index in [-0.39, 0.29) is 5.91 Å². The van der Waals surface area contributed by atoms with Gasteiger partial charge in [0.05, 0.1) is 6.54 Å².